The van der Waals surface area contributed by atoms with Gasteiger partial charge in [0.05, 0.1) is 5.38 Å². The van der Waals surface area contributed by atoms with E-state index < -0.39 is 0 Å². The molecule has 0 saturated carbocycles. The lowest BCUT2D eigenvalue weighted by molar-refractivity contribution is 1.16. The molecule has 0 nitrogen and oxygen atoms in total. The highest BCUT2D eigenvalue weighted by Crippen LogP contribution is 2.37. The summed E-state index contributed by atoms with van der Waals surface area (Å²) in [5.41, 5.74) is 2.39. The van der Waals surface area contributed by atoms with Crippen molar-refractivity contribution in [2.24, 2.45) is 0 Å². The summed E-state index contributed by atoms with van der Waals surface area (Å²) < 4.78 is 1.08. The minimum Gasteiger partial charge on any atom is -0.143 e. The van der Waals surface area contributed by atoms with Crippen LogP contribution in [0.4, 0.5) is 0 Å². The highest BCUT2D eigenvalue weighted by atomic mass is 79.9. The van der Waals surface area contributed by atoms with Crippen LogP contribution in [0.3, 0.4) is 0 Å². The molecule has 2 aromatic rings. The fourth-order valence-corrected chi connectivity index (χ4v) is 3.68. The third kappa shape index (κ3) is 2.93. The van der Waals surface area contributed by atoms with E-state index in [1.807, 2.05) is 0 Å². The maximum Gasteiger partial charge on any atom is 0.0938 e. The monoisotopic (exact) mass is 328 g/mol. The average Bonchev–Trinajstić information content (AvgIpc) is 2.80. The van der Waals surface area contributed by atoms with Crippen LogP contribution in [0.2, 0.25) is 0 Å². The summed E-state index contributed by atoms with van der Waals surface area (Å²) in [6.45, 7) is 4.26. The van der Waals surface area contributed by atoms with E-state index in [1.165, 1.54) is 15.3 Å². The van der Waals surface area contributed by atoms with Gasteiger partial charge in [-0.15, -0.1) is 22.9 Å². The second kappa shape index (κ2) is 5.55. The Morgan fingerprint density at radius 1 is 1.29 bits per heavy atom. The first kappa shape index (κ1) is 13.1. The van der Waals surface area contributed by atoms with Crippen LogP contribution in [0.15, 0.2) is 34.8 Å². The molecule has 0 spiro atoms. The first-order valence-corrected chi connectivity index (χ1v) is 7.65. The second-order valence-corrected chi connectivity index (χ2v) is 6.54. The van der Waals surface area contributed by atoms with Gasteiger partial charge in [0, 0.05) is 14.2 Å². The van der Waals surface area contributed by atoms with Crippen molar-refractivity contribution in [1.82, 2.24) is 0 Å². The largest absolute Gasteiger partial charge is 0.143 e. The zero-order valence-electron chi connectivity index (χ0n) is 9.84. The van der Waals surface area contributed by atoms with Crippen LogP contribution < -0.4 is 0 Å². The molecule has 0 aliphatic carbocycles. The molecule has 1 aromatic heterocycles. The Balaban J connectivity index is 2.35. The van der Waals surface area contributed by atoms with Gasteiger partial charge in [0.25, 0.3) is 0 Å². The van der Waals surface area contributed by atoms with Crippen molar-refractivity contribution in [1.29, 1.82) is 0 Å². The number of rotatable bonds is 3. The van der Waals surface area contributed by atoms with Gasteiger partial charge in [0.15, 0.2) is 0 Å². The van der Waals surface area contributed by atoms with Crippen molar-refractivity contribution in [3.8, 4) is 0 Å². The first-order valence-electron chi connectivity index (χ1n) is 5.60. The molecule has 0 amide bonds. The molecular weight excluding hydrogens is 316 g/mol. The molecule has 0 fully saturated rings. The van der Waals surface area contributed by atoms with E-state index in [0.29, 0.717) is 0 Å². The van der Waals surface area contributed by atoms with Crippen molar-refractivity contribution in [2.45, 2.75) is 25.6 Å². The van der Waals surface area contributed by atoms with Crippen molar-refractivity contribution >= 4 is 38.9 Å². The summed E-state index contributed by atoms with van der Waals surface area (Å²) in [6, 6.07) is 10.6. The number of benzene rings is 1. The zero-order chi connectivity index (χ0) is 12.4. The van der Waals surface area contributed by atoms with Gasteiger partial charge >= 0.3 is 0 Å². The molecule has 1 unspecified atom stereocenters. The molecule has 0 aliphatic rings. The lowest BCUT2D eigenvalue weighted by Gasteiger charge is -2.11. The van der Waals surface area contributed by atoms with Crippen molar-refractivity contribution in [3.05, 3.63) is 55.7 Å². The van der Waals surface area contributed by atoms with Crippen molar-refractivity contribution < 1.29 is 0 Å². The van der Waals surface area contributed by atoms with E-state index in [2.05, 4.69) is 60.1 Å². The molecule has 3 heteroatoms. The molecule has 0 radical (unpaired) electrons. The van der Waals surface area contributed by atoms with E-state index in [0.717, 1.165) is 16.5 Å². The van der Waals surface area contributed by atoms with E-state index in [-0.39, 0.29) is 5.38 Å². The maximum absolute atomic E-state index is 6.56. The zero-order valence-corrected chi connectivity index (χ0v) is 13.0. The van der Waals surface area contributed by atoms with Crippen LogP contribution in [0.1, 0.15) is 33.2 Å². The molecular formula is C14H14BrClS. The van der Waals surface area contributed by atoms with Gasteiger partial charge in [-0.1, -0.05) is 40.5 Å². The number of hydrogen-bond acceptors (Lipinski definition) is 1. The third-order valence-corrected chi connectivity index (χ3v) is 5.32. The Labute approximate surface area is 120 Å². The normalized spacial score (nSPS) is 12.7. The Kier molecular flexibility index (Phi) is 4.29. The Morgan fingerprint density at radius 3 is 2.71 bits per heavy atom. The number of thiophene rings is 1. The van der Waals surface area contributed by atoms with Crippen LogP contribution in [0.25, 0.3) is 0 Å². The summed E-state index contributed by atoms with van der Waals surface area (Å²) in [5.74, 6) is 0. The number of aryl methyl sites for hydroxylation is 2. The molecule has 90 valence electrons. The highest BCUT2D eigenvalue weighted by molar-refractivity contribution is 9.10. The predicted octanol–water partition coefficient (Wildman–Crippen LogP) is 5.71. The van der Waals surface area contributed by atoms with E-state index in [1.54, 1.807) is 11.3 Å². The van der Waals surface area contributed by atoms with Gasteiger partial charge in [-0.2, -0.15) is 0 Å². The first-order chi connectivity index (χ1) is 8.11. The van der Waals surface area contributed by atoms with Crippen molar-refractivity contribution in [2.75, 3.05) is 0 Å². The van der Waals surface area contributed by atoms with Gasteiger partial charge in [-0.3, -0.25) is 0 Å². The minimum atomic E-state index is -0.0606. The maximum atomic E-state index is 6.56. The van der Waals surface area contributed by atoms with Crippen LogP contribution >= 0.6 is 38.9 Å². The van der Waals surface area contributed by atoms with Gasteiger partial charge in [-0.25, -0.2) is 0 Å². The molecule has 0 bridgehead atoms. The highest BCUT2D eigenvalue weighted by Gasteiger charge is 2.16. The fourth-order valence-electron chi connectivity index (χ4n) is 1.73. The molecule has 2 rings (SSSR count). The minimum absolute atomic E-state index is 0.0606. The Bertz CT molecular complexity index is 519. The predicted molar refractivity (Wildman–Crippen MR) is 80.3 cm³/mol. The number of hydrogen-bond donors (Lipinski definition) is 0. The van der Waals surface area contributed by atoms with E-state index in [9.17, 15) is 0 Å². The van der Waals surface area contributed by atoms with Crippen LogP contribution in [0, 0.1) is 6.92 Å². The van der Waals surface area contributed by atoms with Crippen molar-refractivity contribution in [3.63, 3.8) is 0 Å². The summed E-state index contributed by atoms with van der Waals surface area (Å²) in [6.07, 6.45) is 1.07. The Hall–Kier alpha value is -0.310. The summed E-state index contributed by atoms with van der Waals surface area (Å²) in [7, 11) is 0. The second-order valence-electron chi connectivity index (χ2n) is 4.05. The summed E-state index contributed by atoms with van der Waals surface area (Å²) in [4.78, 5) is 2.60. The fraction of sp³-hybridized carbons (Fsp3) is 0.286. The molecule has 1 atom stereocenters. The summed E-state index contributed by atoms with van der Waals surface area (Å²) in [5, 5.41) is -0.0606. The topological polar surface area (TPSA) is 0 Å². The van der Waals surface area contributed by atoms with Gasteiger partial charge in [-0.05, 0) is 37.1 Å². The van der Waals surface area contributed by atoms with Gasteiger partial charge < -0.3 is 0 Å². The molecule has 0 saturated heterocycles. The molecule has 1 heterocycles. The molecule has 1 aromatic carbocycles. The van der Waals surface area contributed by atoms with E-state index >= 15 is 0 Å². The molecule has 17 heavy (non-hydrogen) atoms. The number of alkyl halides is 1. The van der Waals surface area contributed by atoms with Crippen LogP contribution in [0.5, 0.6) is 0 Å². The quantitative estimate of drug-likeness (QED) is 0.633. The third-order valence-electron chi connectivity index (χ3n) is 2.71. The lowest BCUT2D eigenvalue weighted by atomic mass is 10.1. The average molecular weight is 330 g/mol. The SMILES string of the molecule is CCc1ccc(C(Cl)c2cc(C)ccc2Br)s1. The standard InChI is InChI=1S/C14H14BrClS/c1-3-10-5-7-13(17-10)14(16)11-8-9(2)4-6-12(11)15/h4-8,14H,3H2,1-2H3. The number of halogens is 2. The lowest BCUT2D eigenvalue weighted by Crippen LogP contribution is -1.92. The van der Waals surface area contributed by atoms with Gasteiger partial charge in [0.1, 0.15) is 0 Å². The Morgan fingerprint density at radius 2 is 2.06 bits per heavy atom. The van der Waals surface area contributed by atoms with E-state index in [4.69, 9.17) is 11.6 Å². The molecule has 0 N–H and O–H groups in total. The van der Waals surface area contributed by atoms with Crippen LogP contribution in [-0.4, -0.2) is 0 Å². The molecule has 0 aliphatic heterocycles. The van der Waals surface area contributed by atoms with Gasteiger partial charge in [0.2, 0.25) is 0 Å². The smallest absolute Gasteiger partial charge is 0.0938 e. The van der Waals surface area contributed by atoms with Crippen LogP contribution in [-0.2, 0) is 6.42 Å². The summed E-state index contributed by atoms with van der Waals surface area (Å²) >= 11 is 11.9.